The van der Waals surface area contributed by atoms with Crippen molar-refractivity contribution in [3.05, 3.63) is 588 Å². The highest BCUT2D eigenvalue weighted by atomic mass is 15.2. The van der Waals surface area contributed by atoms with Crippen LogP contribution in [-0.2, 0) is 0 Å². The molecule has 149 heavy (non-hydrogen) atoms. The van der Waals surface area contributed by atoms with Crippen molar-refractivity contribution in [2.45, 2.75) is 0 Å². The number of benzene rings is 23. The highest BCUT2D eigenvalue weighted by molar-refractivity contribution is 6.23. The standard InChI is InChI=1S/C52H35N3.2C44H31N3/c1-3-16-38(17-4-1)51-35-48-50(54(51)41-20-5-2-6-21-41)31-30-47-46-24-11-12-25-49(46)55(52(47)48)43-23-13-22-42(34-43)53(44-28-26-36-14-7-9-18-39(36)32-44)45-29-27-37-15-8-10-19-40(37)33-45;1-5-16-32(17-6-1)43-31-40-42(46(43)35-22-11-4-12-23-35)29-28-39-38-26-13-14-27-41(38)47(44(39)40)37-25-15-24-36(30-37)45(33-18-7-2-8-19-33)34-20-9-3-10-21-34;1-5-15-32(16-6-1)43-31-40-42(46(43)35-21-11-4-12-22-35)30-29-39-38-23-13-14-24-41(38)47(44(39)40)37-27-25-36(26-28-37)45(33-17-7-2-8-18-33)34-19-9-3-10-20-34/h1-35H;2*1-31H. The lowest BCUT2D eigenvalue weighted by atomic mass is 10.1. The Kier molecular flexibility index (Phi) is 22.5. The van der Waals surface area contributed by atoms with Crippen LogP contribution in [0.25, 0.3) is 188 Å². The van der Waals surface area contributed by atoms with E-state index in [1.807, 2.05) is 0 Å². The molecule has 0 fully saturated rings. The molecular formula is C140H97N9. The Morgan fingerprint density at radius 3 is 0.664 bits per heavy atom. The molecule has 0 saturated heterocycles. The van der Waals surface area contributed by atoms with Crippen molar-refractivity contribution >= 4 is 171 Å². The van der Waals surface area contributed by atoms with Gasteiger partial charge in [0, 0.05) is 134 Å². The van der Waals surface area contributed by atoms with Gasteiger partial charge in [0.25, 0.3) is 0 Å². The monoisotopic (exact) mass is 1900 g/mol. The molecule has 0 aliphatic heterocycles. The number of rotatable bonds is 18. The van der Waals surface area contributed by atoms with E-state index < -0.39 is 0 Å². The molecule has 702 valence electrons. The number of aromatic nitrogens is 6. The molecule has 9 heteroatoms. The van der Waals surface area contributed by atoms with Gasteiger partial charge in [0.2, 0.25) is 0 Å². The summed E-state index contributed by atoms with van der Waals surface area (Å²) in [7, 11) is 0. The normalized spacial score (nSPS) is 11.5. The van der Waals surface area contributed by atoms with Crippen LogP contribution in [0.2, 0.25) is 0 Å². The third kappa shape index (κ3) is 15.9. The van der Waals surface area contributed by atoms with Crippen LogP contribution in [-0.4, -0.2) is 27.4 Å². The minimum absolute atomic E-state index is 1.09. The van der Waals surface area contributed by atoms with Crippen molar-refractivity contribution in [2.24, 2.45) is 0 Å². The van der Waals surface area contributed by atoms with E-state index in [4.69, 9.17) is 0 Å². The van der Waals surface area contributed by atoms with Crippen molar-refractivity contribution in [1.29, 1.82) is 0 Å². The average molecular weight is 1910 g/mol. The molecule has 0 aliphatic rings. The molecule has 0 unspecified atom stereocenters. The summed E-state index contributed by atoms with van der Waals surface area (Å²) < 4.78 is 14.6. The van der Waals surface area contributed by atoms with Crippen LogP contribution in [0.5, 0.6) is 0 Å². The van der Waals surface area contributed by atoms with Crippen LogP contribution >= 0.6 is 0 Å². The van der Waals surface area contributed by atoms with Crippen LogP contribution in [0, 0.1) is 0 Å². The maximum Gasteiger partial charge on any atom is 0.0635 e. The van der Waals surface area contributed by atoms with Gasteiger partial charge in [0.15, 0.2) is 0 Å². The molecule has 0 radical (unpaired) electrons. The van der Waals surface area contributed by atoms with Crippen molar-refractivity contribution in [2.75, 3.05) is 14.7 Å². The number of fused-ring (bicyclic) bond motifs is 17. The number of para-hydroxylation sites is 10. The zero-order valence-electron chi connectivity index (χ0n) is 81.5. The van der Waals surface area contributed by atoms with Gasteiger partial charge >= 0.3 is 0 Å². The largest absolute Gasteiger partial charge is 0.311 e. The second kappa shape index (κ2) is 38.0. The first-order valence-corrected chi connectivity index (χ1v) is 50.9. The van der Waals surface area contributed by atoms with Gasteiger partial charge in [-0.15, -0.1) is 0 Å². The minimum Gasteiger partial charge on any atom is -0.311 e. The Balaban J connectivity index is 0.000000111. The van der Waals surface area contributed by atoms with E-state index in [9.17, 15) is 0 Å². The van der Waals surface area contributed by atoms with Crippen LogP contribution < -0.4 is 14.7 Å². The lowest BCUT2D eigenvalue weighted by molar-refractivity contribution is 1.13. The average Bonchev–Trinajstić information content (AvgIpc) is 1.56. The van der Waals surface area contributed by atoms with E-state index >= 15 is 0 Å². The number of hydrogen-bond donors (Lipinski definition) is 0. The highest BCUT2D eigenvalue weighted by Gasteiger charge is 2.28. The fourth-order valence-corrected chi connectivity index (χ4v) is 22.6. The summed E-state index contributed by atoms with van der Waals surface area (Å²) in [4.78, 5) is 7.03. The van der Waals surface area contributed by atoms with Gasteiger partial charge in [0.05, 0.1) is 66.7 Å². The van der Waals surface area contributed by atoms with Crippen molar-refractivity contribution in [3.63, 3.8) is 0 Å². The molecule has 0 amide bonds. The van der Waals surface area contributed by atoms with E-state index in [0.717, 1.165) is 85.3 Å². The zero-order chi connectivity index (χ0) is 98.6. The second-order valence-corrected chi connectivity index (χ2v) is 37.9. The topological polar surface area (TPSA) is 39.3 Å². The molecule has 0 N–H and O–H groups in total. The predicted molar refractivity (Wildman–Crippen MR) is 628 cm³/mol. The summed E-state index contributed by atoms with van der Waals surface area (Å²) in [5.41, 5.74) is 34.6. The number of hydrogen-bond acceptors (Lipinski definition) is 3. The summed E-state index contributed by atoms with van der Waals surface area (Å²) in [6.07, 6.45) is 0. The molecule has 29 rings (SSSR count). The first-order chi connectivity index (χ1) is 74.0. The van der Waals surface area contributed by atoms with Gasteiger partial charge in [-0.05, 0) is 263 Å². The summed E-state index contributed by atoms with van der Waals surface area (Å²) in [6, 6.07) is 212. The minimum atomic E-state index is 1.09. The van der Waals surface area contributed by atoms with Crippen molar-refractivity contribution in [3.8, 4) is 67.9 Å². The molecule has 0 atom stereocenters. The molecular weight excluding hydrogens is 1810 g/mol. The first kappa shape index (κ1) is 88.0. The van der Waals surface area contributed by atoms with Crippen LogP contribution in [0.3, 0.4) is 0 Å². The third-order valence-corrected chi connectivity index (χ3v) is 29.2. The summed E-state index contributed by atoms with van der Waals surface area (Å²) >= 11 is 0. The Hall–Kier alpha value is -20.0. The van der Waals surface area contributed by atoms with E-state index in [1.165, 1.54) is 153 Å². The van der Waals surface area contributed by atoms with Gasteiger partial charge in [0.1, 0.15) is 0 Å². The first-order valence-electron chi connectivity index (χ1n) is 50.9. The number of nitrogens with zero attached hydrogens (tertiary/aromatic N) is 9. The molecule has 6 aromatic heterocycles. The zero-order valence-corrected chi connectivity index (χ0v) is 81.5. The smallest absolute Gasteiger partial charge is 0.0635 e. The molecule has 29 aromatic rings. The van der Waals surface area contributed by atoms with Crippen molar-refractivity contribution in [1.82, 2.24) is 27.4 Å². The lowest BCUT2D eigenvalue weighted by Gasteiger charge is -2.27. The van der Waals surface area contributed by atoms with E-state index in [0.29, 0.717) is 0 Å². The van der Waals surface area contributed by atoms with Gasteiger partial charge in [-0.2, -0.15) is 0 Å². The van der Waals surface area contributed by atoms with Crippen LogP contribution in [0.1, 0.15) is 0 Å². The maximum absolute atomic E-state index is 2.47. The fourth-order valence-electron chi connectivity index (χ4n) is 22.6. The molecule has 0 saturated carbocycles. The Labute approximate surface area is 863 Å². The van der Waals surface area contributed by atoms with Gasteiger partial charge in [-0.1, -0.05) is 364 Å². The molecule has 9 nitrogen and oxygen atoms in total. The Morgan fingerprint density at radius 2 is 0.336 bits per heavy atom. The maximum atomic E-state index is 2.47. The molecule has 6 heterocycles. The van der Waals surface area contributed by atoms with Gasteiger partial charge in [-0.25, -0.2) is 0 Å². The SMILES string of the molecule is c1ccc(-c2cc3c(ccc4c5ccccc5n(-c5ccc(N(c6ccccc6)c6ccccc6)cc5)c43)n2-c2ccccc2)cc1.c1ccc(-c2cc3c(ccc4c5ccccc5n(-c5cccc(N(c6ccc7ccccc7c6)c6ccc7ccccc7c6)c5)c43)n2-c2ccccc2)cc1.c1ccc(-c2cc3c(ccc4c5ccccc5n(-c5cccc(N(c6ccccc6)c6ccccc6)c5)c43)n2-c2ccccc2)cc1. The van der Waals surface area contributed by atoms with Gasteiger partial charge < -0.3 is 42.1 Å². The van der Waals surface area contributed by atoms with Gasteiger partial charge in [-0.3, -0.25) is 0 Å². The molecule has 0 aliphatic carbocycles. The molecule has 23 aromatic carbocycles. The van der Waals surface area contributed by atoms with Crippen LogP contribution in [0.15, 0.2) is 588 Å². The number of anilines is 9. The lowest BCUT2D eigenvalue weighted by Crippen LogP contribution is -2.10. The van der Waals surface area contributed by atoms with E-state index in [1.54, 1.807) is 0 Å². The molecule has 0 bridgehead atoms. The summed E-state index contributed by atoms with van der Waals surface area (Å²) in [5.74, 6) is 0. The fraction of sp³-hybridized carbons (Fsp3) is 0. The third-order valence-electron chi connectivity index (χ3n) is 29.2. The van der Waals surface area contributed by atoms with Crippen molar-refractivity contribution < 1.29 is 0 Å². The van der Waals surface area contributed by atoms with E-state index in [2.05, 4.69) is 631 Å². The Morgan fingerprint density at radius 1 is 0.114 bits per heavy atom. The second-order valence-electron chi connectivity index (χ2n) is 37.9. The summed E-state index contributed by atoms with van der Waals surface area (Å²) in [5, 5.41) is 16.0. The predicted octanol–water partition coefficient (Wildman–Crippen LogP) is 37.9. The molecule has 0 spiro atoms. The van der Waals surface area contributed by atoms with E-state index in [-0.39, 0.29) is 0 Å². The quantitative estimate of drug-likeness (QED) is 0.0859. The van der Waals surface area contributed by atoms with Crippen LogP contribution in [0.4, 0.5) is 51.2 Å². The Bertz CT molecular complexity index is 9840. The highest BCUT2D eigenvalue weighted by Crippen LogP contribution is 2.49. The summed E-state index contributed by atoms with van der Waals surface area (Å²) in [6.45, 7) is 0.